The maximum atomic E-state index is 13.5. The minimum absolute atomic E-state index is 0.125. The summed E-state index contributed by atoms with van der Waals surface area (Å²) in [5, 5.41) is 10.7. The van der Waals surface area contributed by atoms with Crippen molar-refractivity contribution in [2.75, 3.05) is 19.7 Å². The molecule has 8 heteroatoms. The average molecular weight is 529 g/mol. The van der Waals surface area contributed by atoms with Crippen LogP contribution < -0.4 is 0 Å². The van der Waals surface area contributed by atoms with Crippen molar-refractivity contribution in [3.63, 3.8) is 0 Å². The summed E-state index contributed by atoms with van der Waals surface area (Å²) in [7, 11) is 1.95. The molecule has 190 valence electrons. The molecule has 4 rings (SSSR count). The van der Waals surface area contributed by atoms with Crippen LogP contribution in [0.15, 0.2) is 54.6 Å². The number of unbranched alkanes of at least 4 members (excludes halogenated alkanes) is 1. The molecule has 1 atom stereocenters. The summed E-state index contributed by atoms with van der Waals surface area (Å²) in [5.74, 6) is -1.49. The Balaban J connectivity index is 1.46. The number of carboxylic acids is 1. The standard InChI is InChI=1S/C28H30Cl2N2O4/c1-31-25(11-4-5-14-36-18-19-7-6-8-21(29)15-19)23(16-26(31)22-9-2-3-10-24(22)30)27(33)32-13-12-20(17-32)28(34)35/h2-3,6-10,15-16,20H,4-5,11-14,17-18H2,1H3,(H,34,35). The van der Waals surface area contributed by atoms with Gasteiger partial charge in [-0.15, -0.1) is 0 Å². The van der Waals surface area contributed by atoms with Gasteiger partial charge in [-0.05, 0) is 55.5 Å². The highest BCUT2D eigenvalue weighted by molar-refractivity contribution is 6.33. The molecule has 0 aliphatic carbocycles. The third-order valence-corrected chi connectivity index (χ3v) is 7.24. The Labute approximate surface area is 221 Å². The number of benzene rings is 2. The van der Waals surface area contributed by atoms with Gasteiger partial charge in [-0.1, -0.05) is 53.5 Å². The fourth-order valence-corrected chi connectivity index (χ4v) is 5.13. The summed E-state index contributed by atoms with van der Waals surface area (Å²) in [4.78, 5) is 26.6. The van der Waals surface area contributed by atoms with Gasteiger partial charge < -0.3 is 19.3 Å². The molecule has 1 N–H and O–H groups in total. The van der Waals surface area contributed by atoms with Gasteiger partial charge in [0.25, 0.3) is 5.91 Å². The van der Waals surface area contributed by atoms with Crippen LogP contribution in [0, 0.1) is 5.92 Å². The third-order valence-electron chi connectivity index (χ3n) is 6.67. The van der Waals surface area contributed by atoms with E-state index in [0.717, 1.165) is 35.4 Å². The van der Waals surface area contributed by atoms with Gasteiger partial charge in [-0.25, -0.2) is 0 Å². The fourth-order valence-electron chi connectivity index (χ4n) is 4.69. The van der Waals surface area contributed by atoms with Crippen molar-refractivity contribution >= 4 is 35.1 Å². The van der Waals surface area contributed by atoms with E-state index < -0.39 is 11.9 Å². The second-order valence-electron chi connectivity index (χ2n) is 9.14. The third kappa shape index (κ3) is 6.12. The maximum Gasteiger partial charge on any atom is 0.308 e. The van der Waals surface area contributed by atoms with E-state index in [0.29, 0.717) is 48.2 Å². The van der Waals surface area contributed by atoms with Crippen LogP contribution in [-0.2, 0) is 29.6 Å². The number of nitrogens with zero attached hydrogens (tertiary/aromatic N) is 2. The molecule has 36 heavy (non-hydrogen) atoms. The predicted molar refractivity (Wildman–Crippen MR) is 142 cm³/mol. The van der Waals surface area contributed by atoms with E-state index in [1.807, 2.05) is 66.2 Å². The monoisotopic (exact) mass is 528 g/mol. The lowest BCUT2D eigenvalue weighted by Gasteiger charge is -2.17. The summed E-state index contributed by atoms with van der Waals surface area (Å²) >= 11 is 12.5. The van der Waals surface area contributed by atoms with E-state index in [1.165, 1.54) is 0 Å². The first-order valence-electron chi connectivity index (χ1n) is 12.1. The Bertz CT molecular complexity index is 1240. The number of rotatable bonds is 10. The molecule has 1 aromatic heterocycles. The molecule has 2 heterocycles. The SMILES string of the molecule is Cn1c(-c2ccccc2Cl)cc(C(=O)N2CCC(C(=O)O)C2)c1CCCCOCc1cccc(Cl)c1. The van der Waals surface area contributed by atoms with Gasteiger partial charge in [0.1, 0.15) is 0 Å². The highest BCUT2D eigenvalue weighted by Gasteiger charge is 2.33. The molecule has 2 aromatic carbocycles. The van der Waals surface area contributed by atoms with Gasteiger partial charge in [-0.3, -0.25) is 9.59 Å². The number of amides is 1. The Hall–Kier alpha value is -2.80. The Morgan fingerprint density at radius 3 is 2.61 bits per heavy atom. The molecular formula is C28H30Cl2N2O4. The molecular weight excluding hydrogens is 499 g/mol. The van der Waals surface area contributed by atoms with Crippen LogP contribution in [0.5, 0.6) is 0 Å². The fraction of sp³-hybridized carbons (Fsp3) is 0.357. The van der Waals surface area contributed by atoms with Crippen molar-refractivity contribution in [3.8, 4) is 11.3 Å². The molecule has 1 unspecified atom stereocenters. The maximum absolute atomic E-state index is 13.5. The first-order chi connectivity index (χ1) is 17.3. The largest absolute Gasteiger partial charge is 0.481 e. The smallest absolute Gasteiger partial charge is 0.308 e. The van der Waals surface area contributed by atoms with E-state index in [2.05, 4.69) is 0 Å². The van der Waals surface area contributed by atoms with Crippen molar-refractivity contribution in [1.82, 2.24) is 9.47 Å². The van der Waals surface area contributed by atoms with Crippen LogP contribution in [0.3, 0.4) is 0 Å². The molecule has 0 radical (unpaired) electrons. The number of carbonyl (C=O) groups excluding carboxylic acids is 1. The molecule has 0 spiro atoms. The molecule has 1 fully saturated rings. The number of carboxylic acid groups (broad SMARTS) is 1. The summed E-state index contributed by atoms with van der Waals surface area (Å²) in [6.07, 6.45) is 2.85. The van der Waals surface area contributed by atoms with Gasteiger partial charge in [0, 0.05) is 48.0 Å². The topological polar surface area (TPSA) is 71.8 Å². The number of halogens is 2. The minimum Gasteiger partial charge on any atom is -0.481 e. The van der Waals surface area contributed by atoms with E-state index in [-0.39, 0.29) is 12.5 Å². The van der Waals surface area contributed by atoms with E-state index >= 15 is 0 Å². The van der Waals surface area contributed by atoms with E-state index in [1.54, 1.807) is 4.90 Å². The van der Waals surface area contributed by atoms with Crippen molar-refractivity contribution in [3.05, 3.63) is 81.5 Å². The predicted octanol–water partition coefficient (Wildman–Crippen LogP) is 6.09. The Kier molecular flexibility index (Phi) is 8.72. The first-order valence-corrected chi connectivity index (χ1v) is 12.9. The lowest BCUT2D eigenvalue weighted by molar-refractivity contribution is -0.141. The van der Waals surface area contributed by atoms with Crippen LogP contribution in [0.1, 0.15) is 40.9 Å². The molecule has 1 amide bonds. The molecule has 1 saturated heterocycles. The van der Waals surface area contributed by atoms with Gasteiger partial charge in [0.2, 0.25) is 0 Å². The van der Waals surface area contributed by atoms with Crippen LogP contribution in [0.4, 0.5) is 0 Å². The molecule has 0 saturated carbocycles. The van der Waals surface area contributed by atoms with Crippen molar-refractivity contribution in [2.45, 2.75) is 32.3 Å². The van der Waals surface area contributed by atoms with Gasteiger partial charge in [0.05, 0.1) is 23.8 Å². The van der Waals surface area contributed by atoms with Gasteiger partial charge in [-0.2, -0.15) is 0 Å². The number of aromatic nitrogens is 1. The molecule has 3 aromatic rings. The number of likely N-dealkylation sites (tertiary alicyclic amines) is 1. The van der Waals surface area contributed by atoms with Crippen molar-refractivity contribution in [1.29, 1.82) is 0 Å². The lowest BCUT2D eigenvalue weighted by atomic mass is 10.1. The highest BCUT2D eigenvalue weighted by atomic mass is 35.5. The normalized spacial score (nSPS) is 15.4. The molecule has 6 nitrogen and oxygen atoms in total. The second-order valence-corrected chi connectivity index (χ2v) is 9.99. The van der Waals surface area contributed by atoms with E-state index in [9.17, 15) is 14.7 Å². The van der Waals surface area contributed by atoms with Crippen LogP contribution >= 0.6 is 23.2 Å². The summed E-state index contributed by atoms with van der Waals surface area (Å²) in [5.41, 5.74) is 4.29. The first kappa shape index (κ1) is 26.3. The number of carbonyl (C=O) groups is 2. The second kappa shape index (κ2) is 12.0. The lowest BCUT2D eigenvalue weighted by Crippen LogP contribution is -2.30. The van der Waals surface area contributed by atoms with Crippen LogP contribution in [-0.4, -0.2) is 46.1 Å². The number of hydrogen-bond acceptors (Lipinski definition) is 3. The average Bonchev–Trinajstić information content (AvgIpc) is 3.47. The summed E-state index contributed by atoms with van der Waals surface area (Å²) in [6, 6.07) is 17.1. The zero-order valence-electron chi connectivity index (χ0n) is 20.3. The molecule has 0 bridgehead atoms. The molecule has 1 aliphatic rings. The Morgan fingerprint density at radius 1 is 1.08 bits per heavy atom. The number of aliphatic carboxylic acids is 1. The quantitative estimate of drug-likeness (QED) is 0.323. The van der Waals surface area contributed by atoms with Gasteiger partial charge in [0.15, 0.2) is 0 Å². The summed E-state index contributed by atoms with van der Waals surface area (Å²) < 4.78 is 7.85. The summed E-state index contributed by atoms with van der Waals surface area (Å²) in [6.45, 7) is 1.79. The van der Waals surface area contributed by atoms with Crippen LogP contribution in [0.2, 0.25) is 10.0 Å². The molecule has 1 aliphatic heterocycles. The number of ether oxygens (including phenoxy) is 1. The van der Waals surface area contributed by atoms with E-state index in [4.69, 9.17) is 27.9 Å². The van der Waals surface area contributed by atoms with Crippen molar-refractivity contribution < 1.29 is 19.4 Å². The van der Waals surface area contributed by atoms with Crippen molar-refractivity contribution in [2.24, 2.45) is 13.0 Å². The highest BCUT2D eigenvalue weighted by Crippen LogP contribution is 2.32. The number of hydrogen-bond donors (Lipinski definition) is 1. The van der Waals surface area contributed by atoms with Gasteiger partial charge >= 0.3 is 5.97 Å². The van der Waals surface area contributed by atoms with Crippen LogP contribution in [0.25, 0.3) is 11.3 Å². The minimum atomic E-state index is -0.854. The Morgan fingerprint density at radius 2 is 1.89 bits per heavy atom. The zero-order chi connectivity index (χ0) is 25.7. The zero-order valence-corrected chi connectivity index (χ0v) is 21.8.